The van der Waals surface area contributed by atoms with Gasteiger partial charge in [-0.1, -0.05) is 12.1 Å². The number of pyridine rings is 1. The van der Waals surface area contributed by atoms with Crippen LogP contribution in [-0.4, -0.2) is 35.3 Å². The molecule has 2 aromatic heterocycles. The highest BCUT2D eigenvalue weighted by molar-refractivity contribution is 5.95. The van der Waals surface area contributed by atoms with Crippen molar-refractivity contribution in [3.8, 4) is 0 Å². The van der Waals surface area contributed by atoms with Crippen molar-refractivity contribution in [1.29, 1.82) is 0 Å². The van der Waals surface area contributed by atoms with E-state index in [0.717, 1.165) is 11.5 Å². The molecule has 0 spiro atoms. The maximum absolute atomic E-state index is 12.6. The molecule has 1 fully saturated rings. The lowest BCUT2D eigenvalue weighted by Gasteiger charge is -2.18. The van der Waals surface area contributed by atoms with Crippen LogP contribution in [0.1, 0.15) is 34.4 Å². The Morgan fingerprint density at radius 1 is 1.42 bits per heavy atom. The fourth-order valence-corrected chi connectivity index (χ4v) is 2.99. The Morgan fingerprint density at radius 2 is 2.25 bits per heavy atom. The quantitative estimate of drug-likeness (QED) is 0.858. The number of nitrogens with one attached hydrogen (secondary N) is 2. The van der Waals surface area contributed by atoms with Crippen molar-refractivity contribution in [1.82, 2.24) is 15.5 Å². The van der Waals surface area contributed by atoms with Crippen molar-refractivity contribution in [2.45, 2.75) is 32.7 Å². The number of rotatable bonds is 5. The molecule has 0 saturated carbocycles. The molecule has 3 heterocycles. The van der Waals surface area contributed by atoms with Gasteiger partial charge in [-0.05, 0) is 19.4 Å². The van der Waals surface area contributed by atoms with Crippen molar-refractivity contribution in [2.24, 2.45) is 5.92 Å². The van der Waals surface area contributed by atoms with Gasteiger partial charge in [-0.3, -0.25) is 9.59 Å². The lowest BCUT2D eigenvalue weighted by Crippen LogP contribution is -2.41. The molecular formula is C17H21N3O4. The van der Waals surface area contributed by atoms with Crippen molar-refractivity contribution < 1.29 is 14.1 Å². The molecule has 1 amide bonds. The van der Waals surface area contributed by atoms with Crippen LogP contribution in [0.3, 0.4) is 0 Å². The maximum Gasteiger partial charge on any atom is 0.253 e. The number of aryl methyl sites for hydroxylation is 2. The SMILES string of the molecule is CCc1[nH]c(=O)ccc1C(=O)N[C@H]1COC[C@H]1Cc1cc(C)no1. The number of H-pyrrole nitrogens is 1. The van der Waals surface area contributed by atoms with Crippen LogP contribution in [-0.2, 0) is 17.6 Å². The predicted molar refractivity (Wildman–Crippen MR) is 86.9 cm³/mol. The van der Waals surface area contributed by atoms with Crippen LogP contribution in [0, 0.1) is 12.8 Å². The van der Waals surface area contributed by atoms with Gasteiger partial charge in [0.05, 0.1) is 30.5 Å². The molecule has 0 radical (unpaired) electrons. The Balaban J connectivity index is 1.70. The molecule has 128 valence electrons. The Bertz CT molecular complexity index is 780. The summed E-state index contributed by atoms with van der Waals surface area (Å²) in [5, 5.41) is 6.90. The van der Waals surface area contributed by atoms with E-state index in [1.807, 2.05) is 19.9 Å². The van der Waals surface area contributed by atoms with Crippen molar-refractivity contribution in [3.05, 3.63) is 51.3 Å². The van der Waals surface area contributed by atoms with E-state index in [1.54, 1.807) is 6.07 Å². The molecule has 0 aromatic carbocycles. The van der Waals surface area contributed by atoms with Gasteiger partial charge in [0.25, 0.3) is 5.91 Å². The smallest absolute Gasteiger partial charge is 0.253 e. The summed E-state index contributed by atoms with van der Waals surface area (Å²) >= 11 is 0. The molecule has 3 rings (SSSR count). The van der Waals surface area contributed by atoms with Crippen molar-refractivity contribution in [2.75, 3.05) is 13.2 Å². The average Bonchev–Trinajstić information content (AvgIpc) is 3.16. The van der Waals surface area contributed by atoms with E-state index in [9.17, 15) is 9.59 Å². The third-order valence-electron chi connectivity index (χ3n) is 4.25. The molecule has 7 heteroatoms. The molecule has 1 aliphatic rings. The molecule has 24 heavy (non-hydrogen) atoms. The van der Waals surface area contributed by atoms with Gasteiger partial charge in [0, 0.05) is 30.2 Å². The largest absolute Gasteiger partial charge is 0.379 e. The van der Waals surface area contributed by atoms with Crippen LogP contribution in [0.25, 0.3) is 0 Å². The first kappa shape index (κ1) is 16.4. The number of carbonyl (C=O) groups excluding carboxylic acids is 1. The van der Waals surface area contributed by atoms with Gasteiger partial charge in [-0.25, -0.2) is 0 Å². The number of aromatic amines is 1. The third kappa shape index (κ3) is 3.56. The molecule has 1 saturated heterocycles. The van der Waals surface area contributed by atoms with Crippen molar-refractivity contribution >= 4 is 5.91 Å². The number of ether oxygens (including phenoxy) is 1. The molecule has 0 aliphatic carbocycles. The zero-order valence-corrected chi connectivity index (χ0v) is 13.8. The highest BCUT2D eigenvalue weighted by atomic mass is 16.5. The molecule has 2 atom stereocenters. The fourth-order valence-electron chi connectivity index (χ4n) is 2.99. The summed E-state index contributed by atoms with van der Waals surface area (Å²) in [4.78, 5) is 26.7. The van der Waals surface area contributed by atoms with Crippen LogP contribution >= 0.6 is 0 Å². The second-order valence-electron chi connectivity index (χ2n) is 6.08. The molecule has 2 aromatic rings. The molecule has 2 N–H and O–H groups in total. The number of nitrogens with zero attached hydrogens (tertiary/aromatic N) is 1. The van der Waals surface area contributed by atoms with Gasteiger partial charge < -0.3 is 19.6 Å². The molecule has 1 aliphatic heterocycles. The summed E-state index contributed by atoms with van der Waals surface area (Å²) in [7, 11) is 0. The summed E-state index contributed by atoms with van der Waals surface area (Å²) in [6.07, 6.45) is 1.25. The van der Waals surface area contributed by atoms with Crippen LogP contribution in [0.15, 0.2) is 27.5 Å². The van der Waals surface area contributed by atoms with E-state index < -0.39 is 0 Å². The van der Waals surface area contributed by atoms with E-state index in [-0.39, 0.29) is 23.4 Å². The van der Waals surface area contributed by atoms with Gasteiger partial charge in [0.15, 0.2) is 0 Å². The second kappa shape index (κ2) is 7.00. The topological polar surface area (TPSA) is 97.2 Å². The molecule has 0 unspecified atom stereocenters. The Morgan fingerprint density at radius 3 is 2.96 bits per heavy atom. The van der Waals surface area contributed by atoms with Gasteiger partial charge in [0.2, 0.25) is 5.56 Å². The van der Waals surface area contributed by atoms with Crippen LogP contribution in [0.4, 0.5) is 0 Å². The fraction of sp³-hybridized carbons (Fsp3) is 0.471. The minimum atomic E-state index is -0.203. The lowest BCUT2D eigenvalue weighted by atomic mass is 9.97. The Kier molecular flexibility index (Phi) is 4.80. The second-order valence-corrected chi connectivity index (χ2v) is 6.08. The third-order valence-corrected chi connectivity index (χ3v) is 4.25. The normalized spacial score (nSPS) is 20.2. The number of carbonyl (C=O) groups is 1. The summed E-state index contributed by atoms with van der Waals surface area (Å²) in [5.74, 6) is 0.729. The Hall–Kier alpha value is -2.41. The van der Waals surface area contributed by atoms with E-state index in [4.69, 9.17) is 9.26 Å². The van der Waals surface area contributed by atoms with E-state index in [1.165, 1.54) is 6.07 Å². The summed E-state index contributed by atoms with van der Waals surface area (Å²) < 4.78 is 10.8. The summed E-state index contributed by atoms with van der Waals surface area (Å²) in [6, 6.07) is 4.74. The maximum atomic E-state index is 12.6. The van der Waals surface area contributed by atoms with E-state index >= 15 is 0 Å². The lowest BCUT2D eigenvalue weighted by molar-refractivity contribution is 0.0923. The van der Waals surface area contributed by atoms with Gasteiger partial charge in [-0.2, -0.15) is 0 Å². The monoisotopic (exact) mass is 331 g/mol. The highest BCUT2D eigenvalue weighted by Gasteiger charge is 2.31. The molecule has 0 bridgehead atoms. The van der Waals surface area contributed by atoms with E-state index in [2.05, 4.69) is 15.5 Å². The Labute approximate surface area is 139 Å². The van der Waals surface area contributed by atoms with Crippen LogP contribution in [0.5, 0.6) is 0 Å². The zero-order chi connectivity index (χ0) is 17.1. The first-order valence-corrected chi connectivity index (χ1v) is 8.09. The van der Waals surface area contributed by atoms with Gasteiger partial charge in [0.1, 0.15) is 5.76 Å². The standard InChI is InChI=1S/C17H21N3O4/c1-3-14-13(4-5-16(21)18-14)17(22)19-15-9-23-8-11(15)7-12-6-10(2)20-24-12/h4-6,11,15H,3,7-9H2,1-2H3,(H,18,21)(H,19,22)/t11-,15+/m1/s1. The van der Waals surface area contributed by atoms with E-state index in [0.29, 0.717) is 37.3 Å². The average molecular weight is 331 g/mol. The zero-order valence-electron chi connectivity index (χ0n) is 13.8. The van der Waals surface area contributed by atoms with Gasteiger partial charge >= 0.3 is 0 Å². The number of aromatic nitrogens is 2. The number of amides is 1. The first-order chi connectivity index (χ1) is 11.6. The predicted octanol–water partition coefficient (Wildman–Crippen LogP) is 1.22. The van der Waals surface area contributed by atoms with Gasteiger partial charge in [-0.15, -0.1) is 0 Å². The summed E-state index contributed by atoms with van der Waals surface area (Å²) in [5.41, 5.74) is 1.77. The van der Waals surface area contributed by atoms with Crippen LogP contribution in [0.2, 0.25) is 0 Å². The molecule has 7 nitrogen and oxygen atoms in total. The first-order valence-electron chi connectivity index (χ1n) is 8.09. The summed E-state index contributed by atoms with van der Waals surface area (Å²) in [6.45, 7) is 4.81. The van der Waals surface area contributed by atoms with Crippen molar-refractivity contribution in [3.63, 3.8) is 0 Å². The minimum absolute atomic E-state index is 0.0976. The highest BCUT2D eigenvalue weighted by Crippen LogP contribution is 2.20. The molecular weight excluding hydrogens is 310 g/mol. The number of hydrogen-bond donors (Lipinski definition) is 2. The minimum Gasteiger partial charge on any atom is -0.379 e. The van der Waals surface area contributed by atoms with Crippen LogP contribution < -0.4 is 10.9 Å². The number of hydrogen-bond acceptors (Lipinski definition) is 5.